The molecule has 0 amide bonds. The molecule has 1 saturated heterocycles. The van der Waals surface area contributed by atoms with Gasteiger partial charge in [-0.3, -0.25) is 9.59 Å². The fourth-order valence-electron chi connectivity index (χ4n) is 3.51. The lowest BCUT2D eigenvalue weighted by atomic mass is 9.99. The molecule has 1 heterocycles. The van der Waals surface area contributed by atoms with Crippen LogP contribution < -0.4 is 9.05 Å². The number of benzene rings is 2. The molecule has 2 aromatic carbocycles. The van der Waals surface area contributed by atoms with E-state index >= 15 is 0 Å². The molecular formula is C23H25Cl2O8P. The number of hydrogen-bond acceptors (Lipinski definition) is 8. The summed E-state index contributed by atoms with van der Waals surface area (Å²) in [5, 5.41) is 0.529. The number of para-hydroxylation sites is 2. The van der Waals surface area contributed by atoms with E-state index in [1.165, 1.54) is 13.8 Å². The Morgan fingerprint density at radius 3 is 1.88 bits per heavy atom. The molecule has 0 bridgehead atoms. The molecule has 0 N–H and O–H groups in total. The third-order valence-corrected chi connectivity index (χ3v) is 7.48. The van der Waals surface area contributed by atoms with Gasteiger partial charge in [0.2, 0.25) is 6.29 Å². The maximum absolute atomic E-state index is 13.9. The normalized spacial score (nSPS) is 22.1. The fraction of sp³-hybridized carbons (Fsp3) is 0.391. The molecule has 0 saturated carbocycles. The van der Waals surface area contributed by atoms with Gasteiger partial charge in [-0.2, -0.15) is 0 Å². The Labute approximate surface area is 207 Å². The molecule has 1 fully saturated rings. The molecule has 4 atom stereocenters. The molecule has 2 aromatic rings. The van der Waals surface area contributed by atoms with Crippen molar-refractivity contribution in [3.05, 3.63) is 58.6 Å². The summed E-state index contributed by atoms with van der Waals surface area (Å²) < 4.78 is 41.7. The number of carbonyl (C=O) groups excluding carboxylic acids is 2. The molecule has 0 spiro atoms. The van der Waals surface area contributed by atoms with Gasteiger partial charge in [-0.05, 0) is 30.7 Å². The molecular weight excluding hydrogens is 506 g/mol. The molecule has 0 aromatic heterocycles. The molecule has 1 aliphatic heterocycles. The highest BCUT2D eigenvalue weighted by atomic mass is 35.5. The van der Waals surface area contributed by atoms with Gasteiger partial charge in [0.15, 0.2) is 6.10 Å². The third-order valence-electron chi connectivity index (χ3n) is 5.10. The Bertz CT molecular complexity index is 1030. The summed E-state index contributed by atoms with van der Waals surface area (Å²) in [7, 11) is -3.85. The smallest absolute Gasteiger partial charge is 0.430 e. The number of ether oxygens (including phenoxy) is 3. The van der Waals surface area contributed by atoms with Gasteiger partial charge >= 0.3 is 19.5 Å². The quantitative estimate of drug-likeness (QED) is 0.292. The SMILES string of the molecule is CC(=O)OC1O[C@H](CCP(=O)(Oc2ccccc2Cl)Oc2ccccc2Cl)[C@@H](C)[C@H]1OC(C)=O. The zero-order valence-electron chi connectivity index (χ0n) is 18.8. The number of halogens is 2. The summed E-state index contributed by atoms with van der Waals surface area (Å²) in [5.74, 6) is -1.09. The van der Waals surface area contributed by atoms with E-state index in [4.69, 9.17) is 46.5 Å². The summed E-state index contributed by atoms with van der Waals surface area (Å²) in [5.41, 5.74) is 0. The van der Waals surface area contributed by atoms with Gasteiger partial charge in [-0.15, -0.1) is 0 Å². The lowest BCUT2D eigenvalue weighted by Gasteiger charge is -2.23. The van der Waals surface area contributed by atoms with Crippen LogP contribution in [0, 0.1) is 5.92 Å². The second kappa shape index (κ2) is 11.5. The van der Waals surface area contributed by atoms with Gasteiger partial charge in [0, 0.05) is 19.8 Å². The highest BCUT2D eigenvalue weighted by Crippen LogP contribution is 2.52. The maximum atomic E-state index is 13.9. The minimum Gasteiger partial charge on any atom is -0.455 e. The number of hydrogen-bond donors (Lipinski definition) is 0. The largest absolute Gasteiger partial charge is 0.455 e. The van der Waals surface area contributed by atoms with Crippen LogP contribution in [0.1, 0.15) is 27.2 Å². The van der Waals surface area contributed by atoms with Gasteiger partial charge in [0.25, 0.3) is 0 Å². The van der Waals surface area contributed by atoms with Crippen molar-refractivity contribution in [3.8, 4) is 11.5 Å². The Hall–Kier alpha value is -2.25. The molecule has 3 rings (SSSR count). The van der Waals surface area contributed by atoms with Crippen molar-refractivity contribution >= 4 is 42.7 Å². The summed E-state index contributed by atoms with van der Waals surface area (Å²) >= 11 is 12.4. The zero-order valence-corrected chi connectivity index (χ0v) is 21.2. The van der Waals surface area contributed by atoms with Gasteiger partial charge in [-0.25, -0.2) is 4.57 Å². The van der Waals surface area contributed by atoms with Crippen molar-refractivity contribution in [2.45, 2.75) is 45.7 Å². The minimum absolute atomic E-state index is 0.0853. The Kier molecular flexibility index (Phi) is 8.88. The first-order valence-electron chi connectivity index (χ1n) is 10.5. The third kappa shape index (κ3) is 6.89. The molecule has 1 unspecified atom stereocenters. The Morgan fingerprint density at radius 1 is 0.912 bits per heavy atom. The molecule has 1 aliphatic rings. The summed E-state index contributed by atoms with van der Waals surface area (Å²) in [6.45, 7) is 4.28. The van der Waals surface area contributed by atoms with E-state index in [-0.39, 0.29) is 40.0 Å². The highest BCUT2D eigenvalue weighted by Gasteiger charge is 2.47. The molecule has 34 heavy (non-hydrogen) atoms. The first kappa shape index (κ1) is 26.4. The first-order valence-corrected chi connectivity index (χ1v) is 13.0. The summed E-state index contributed by atoms with van der Waals surface area (Å²) in [4.78, 5) is 23.0. The van der Waals surface area contributed by atoms with Crippen molar-refractivity contribution in [2.75, 3.05) is 6.16 Å². The molecule has 0 aliphatic carbocycles. The predicted octanol–water partition coefficient (Wildman–Crippen LogP) is 5.89. The van der Waals surface area contributed by atoms with Gasteiger partial charge in [0.1, 0.15) is 11.5 Å². The summed E-state index contributed by atoms with van der Waals surface area (Å²) in [6, 6.07) is 13.2. The highest BCUT2D eigenvalue weighted by molar-refractivity contribution is 7.54. The monoisotopic (exact) mass is 530 g/mol. The summed E-state index contributed by atoms with van der Waals surface area (Å²) in [6.07, 6.45) is -2.35. The van der Waals surface area contributed by atoms with E-state index in [0.717, 1.165) is 0 Å². The number of esters is 2. The van der Waals surface area contributed by atoms with E-state index in [1.54, 1.807) is 55.5 Å². The zero-order chi connectivity index (χ0) is 24.9. The van der Waals surface area contributed by atoms with Gasteiger partial charge in [0.05, 0.1) is 22.3 Å². The van der Waals surface area contributed by atoms with Crippen molar-refractivity contribution in [2.24, 2.45) is 5.92 Å². The second-order valence-electron chi connectivity index (χ2n) is 7.75. The van der Waals surface area contributed by atoms with Gasteiger partial charge < -0.3 is 23.3 Å². The van der Waals surface area contributed by atoms with E-state index in [9.17, 15) is 14.2 Å². The first-order chi connectivity index (χ1) is 16.1. The van der Waals surface area contributed by atoms with Crippen LogP contribution >= 0.6 is 30.8 Å². The second-order valence-corrected chi connectivity index (χ2v) is 10.6. The van der Waals surface area contributed by atoms with Crippen LogP contribution in [0.15, 0.2) is 48.5 Å². The number of carbonyl (C=O) groups is 2. The van der Waals surface area contributed by atoms with Crippen LogP contribution in [0.3, 0.4) is 0 Å². The topological polar surface area (TPSA) is 97.4 Å². The molecule has 184 valence electrons. The van der Waals surface area contributed by atoms with Crippen molar-refractivity contribution in [3.63, 3.8) is 0 Å². The Morgan fingerprint density at radius 2 is 1.41 bits per heavy atom. The fourth-order valence-corrected chi connectivity index (χ4v) is 5.67. The van der Waals surface area contributed by atoms with Crippen LogP contribution in [-0.2, 0) is 28.4 Å². The average molecular weight is 531 g/mol. The van der Waals surface area contributed by atoms with E-state index < -0.39 is 38.0 Å². The Balaban J connectivity index is 1.81. The van der Waals surface area contributed by atoms with E-state index in [0.29, 0.717) is 0 Å². The van der Waals surface area contributed by atoms with E-state index in [1.807, 2.05) is 0 Å². The predicted molar refractivity (Wildman–Crippen MR) is 126 cm³/mol. The number of rotatable bonds is 9. The van der Waals surface area contributed by atoms with Crippen LogP contribution in [0.4, 0.5) is 0 Å². The van der Waals surface area contributed by atoms with Crippen molar-refractivity contribution < 1.29 is 37.4 Å². The molecule has 0 radical (unpaired) electrons. The maximum Gasteiger partial charge on any atom is 0.430 e. The van der Waals surface area contributed by atoms with Crippen LogP contribution in [0.5, 0.6) is 11.5 Å². The van der Waals surface area contributed by atoms with Crippen LogP contribution in [0.25, 0.3) is 0 Å². The molecule has 11 heteroatoms. The van der Waals surface area contributed by atoms with Crippen molar-refractivity contribution in [1.82, 2.24) is 0 Å². The van der Waals surface area contributed by atoms with Crippen LogP contribution in [-0.4, -0.2) is 36.6 Å². The van der Waals surface area contributed by atoms with Gasteiger partial charge in [-0.1, -0.05) is 54.4 Å². The lowest BCUT2D eigenvalue weighted by molar-refractivity contribution is -0.194. The van der Waals surface area contributed by atoms with Crippen molar-refractivity contribution in [1.29, 1.82) is 0 Å². The minimum atomic E-state index is -3.85. The standard InChI is InChI=1S/C23H25Cl2O8P/c1-14-19(31-23(30-16(3)27)22(14)29-15(2)26)12-13-34(28,32-20-10-6-4-8-17(20)24)33-21-11-7-5-9-18(21)25/h4-11,14,19,22-23H,12-13H2,1-3H3/t14-,19-,22-,23?/m1/s1. The van der Waals surface area contributed by atoms with E-state index in [2.05, 4.69) is 0 Å². The average Bonchev–Trinajstić information content (AvgIpc) is 3.04. The van der Waals surface area contributed by atoms with Crippen LogP contribution in [0.2, 0.25) is 10.0 Å². The molecule has 8 nitrogen and oxygen atoms in total. The lowest BCUT2D eigenvalue weighted by Crippen LogP contribution is -2.33.